The zero-order chi connectivity index (χ0) is 19.9. The second kappa shape index (κ2) is 6.63. The molecule has 0 amide bonds. The third-order valence-electron chi connectivity index (χ3n) is 5.17. The second-order valence-corrected chi connectivity index (χ2v) is 7.09. The summed E-state index contributed by atoms with van der Waals surface area (Å²) in [5.74, 6) is 0.798. The molecule has 5 aromatic heterocycles. The molecule has 0 saturated carbocycles. The molecule has 30 heavy (non-hydrogen) atoms. The van der Waals surface area contributed by atoms with Gasteiger partial charge in [-0.1, -0.05) is 28.9 Å². The molecule has 0 aliphatic rings. The Morgan fingerprint density at radius 3 is 2.57 bits per heavy atom. The molecule has 0 fully saturated rings. The minimum absolute atomic E-state index is 0.686. The highest BCUT2D eigenvalue weighted by Crippen LogP contribution is 2.15. The van der Waals surface area contributed by atoms with Crippen molar-refractivity contribution in [1.29, 1.82) is 0 Å². The van der Waals surface area contributed by atoms with Crippen LogP contribution in [0.2, 0.25) is 0 Å². The normalized spacial score (nSPS) is 11.3. The molecular formula is C24H16N6+2. The van der Waals surface area contributed by atoms with E-state index in [1.807, 2.05) is 82.6 Å². The number of pyridine rings is 4. The fourth-order valence-corrected chi connectivity index (χ4v) is 3.59. The predicted molar refractivity (Wildman–Crippen MR) is 113 cm³/mol. The van der Waals surface area contributed by atoms with E-state index in [-0.39, 0.29) is 0 Å². The Morgan fingerprint density at radius 1 is 0.700 bits per heavy atom. The van der Waals surface area contributed by atoms with E-state index in [1.165, 1.54) is 0 Å². The largest absolute Gasteiger partial charge is 0.330 e. The number of nitrogens with zero attached hydrogens (tertiary/aromatic N) is 6. The summed E-state index contributed by atoms with van der Waals surface area (Å²) < 4.78 is 3.80. The van der Waals surface area contributed by atoms with Crippen LogP contribution < -0.4 is 9.25 Å². The summed E-state index contributed by atoms with van der Waals surface area (Å²) in [6.45, 7) is 0. The van der Waals surface area contributed by atoms with E-state index in [9.17, 15) is 0 Å². The summed E-state index contributed by atoms with van der Waals surface area (Å²) in [4.78, 5) is 13.7. The second-order valence-electron chi connectivity index (χ2n) is 7.09. The molecule has 0 atom stereocenters. The van der Waals surface area contributed by atoms with Gasteiger partial charge in [0.2, 0.25) is 6.20 Å². The lowest BCUT2D eigenvalue weighted by atomic mass is 10.2. The highest BCUT2D eigenvalue weighted by molar-refractivity contribution is 5.80. The Morgan fingerprint density at radius 2 is 1.60 bits per heavy atom. The van der Waals surface area contributed by atoms with E-state index in [2.05, 4.69) is 27.2 Å². The molecular weight excluding hydrogens is 372 g/mol. The summed E-state index contributed by atoms with van der Waals surface area (Å²) in [7, 11) is 0. The van der Waals surface area contributed by atoms with Gasteiger partial charge >= 0.3 is 5.82 Å². The van der Waals surface area contributed by atoms with Gasteiger partial charge in [0, 0.05) is 29.1 Å². The van der Waals surface area contributed by atoms with Crippen LogP contribution >= 0.6 is 0 Å². The summed E-state index contributed by atoms with van der Waals surface area (Å²) in [6.07, 6.45) is 11.4. The van der Waals surface area contributed by atoms with Crippen LogP contribution in [0.3, 0.4) is 0 Å². The summed E-state index contributed by atoms with van der Waals surface area (Å²) >= 11 is 0. The van der Waals surface area contributed by atoms with Crippen LogP contribution in [0.25, 0.3) is 44.2 Å². The molecule has 0 aliphatic heterocycles. The summed E-state index contributed by atoms with van der Waals surface area (Å²) in [5.41, 5.74) is 2.50. The maximum atomic E-state index is 4.73. The van der Waals surface area contributed by atoms with Gasteiger partial charge < -0.3 is 0 Å². The first-order valence-corrected chi connectivity index (χ1v) is 9.64. The van der Waals surface area contributed by atoms with E-state index < -0.39 is 0 Å². The maximum Gasteiger partial charge on any atom is 0.330 e. The van der Waals surface area contributed by atoms with Crippen molar-refractivity contribution in [1.82, 2.24) is 20.1 Å². The number of rotatable bonds is 2. The minimum atomic E-state index is 0.686. The third-order valence-corrected chi connectivity index (χ3v) is 5.17. The maximum absolute atomic E-state index is 4.73. The Labute approximate surface area is 171 Å². The zero-order valence-corrected chi connectivity index (χ0v) is 15.9. The molecule has 0 N–H and O–H groups in total. The van der Waals surface area contributed by atoms with Crippen molar-refractivity contribution < 1.29 is 9.25 Å². The molecule has 6 heteroatoms. The topological polar surface area (TPSA) is 59.3 Å². The molecule has 0 aliphatic carbocycles. The smallest absolute Gasteiger partial charge is 0.252 e. The minimum Gasteiger partial charge on any atom is -0.252 e. The zero-order valence-electron chi connectivity index (χ0n) is 15.9. The van der Waals surface area contributed by atoms with Crippen molar-refractivity contribution >= 4 is 32.7 Å². The average Bonchev–Trinajstić information content (AvgIpc) is 2.83. The molecule has 0 saturated heterocycles. The Hall–Kier alpha value is -4.32. The van der Waals surface area contributed by atoms with E-state index in [0.29, 0.717) is 5.65 Å². The van der Waals surface area contributed by atoms with Gasteiger partial charge in [-0.25, -0.2) is 9.55 Å². The standard InChI is InChI=1S/C24H16N6/c1-2-5-20-15-30(27-13-19(20)4-1)21-12-18-7-8-23(28-24(18)26-14-21)29-11-9-17-6-3-10-25-22(17)16-29/h1-16H/q+2. The van der Waals surface area contributed by atoms with Crippen molar-refractivity contribution in [2.24, 2.45) is 0 Å². The Kier molecular flexibility index (Phi) is 3.67. The molecule has 6 rings (SSSR count). The predicted octanol–water partition coefficient (Wildman–Crippen LogP) is 3.28. The molecule has 0 radical (unpaired) electrons. The van der Waals surface area contributed by atoms with Crippen LogP contribution in [0.5, 0.6) is 0 Å². The van der Waals surface area contributed by atoms with Crippen LogP contribution in [-0.2, 0) is 0 Å². The first kappa shape index (κ1) is 16.6. The van der Waals surface area contributed by atoms with Gasteiger partial charge in [-0.15, -0.1) is 0 Å². The number of benzene rings is 1. The van der Waals surface area contributed by atoms with Gasteiger partial charge in [0.05, 0.1) is 17.0 Å². The molecule has 1 aromatic carbocycles. The monoisotopic (exact) mass is 388 g/mol. The van der Waals surface area contributed by atoms with Crippen molar-refractivity contribution in [3.63, 3.8) is 0 Å². The van der Waals surface area contributed by atoms with Crippen LogP contribution in [0.4, 0.5) is 0 Å². The van der Waals surface area contributed by atoms with Crippen LogP contribution in [0.15, 0.2) is 97.8 Å². The summed E-state index contributed by atoms with van der Waals surface area (Å²) in [6, 6.07) is 20.2. The lowest BCUT2D eigenvalue weighted by Crippen LogP contribution is -2.34. The van der Waals surface area contributed by atoms with Crippen LogP contribution in [0.1, 0.15) is 0 Å². The quantitative estimate of drug-likeness (QED) is 0.427. The van der Waals surface area contributed by atoms with E-state index in [4.69, 9.17) is 4.98 Å². The number of hydrogen-bond donors (Lipinski definition) is 0. The number of hydrogen-bond acceptors (Lipinski definition) is 4. The first-order valence-electron chi connectivity index (χ1n) is 9.64. The SMILES string of the molecule is c1ccc2c[n+](-c3cnc4nc(-[n+]5ccc6cccnc6c5)ccc4c3)ncc2c1. The van der Waals surface area contributed by atoms with Gasteiger partial charge in [-0.2, -0.15) is 0 Å². The molecule has 6 aromatic rings. The highest BCUT2D eigenvalue weighted by Gasteiger charge is 2.16. The third kappa shape index (κ3) is 2.82. The van der Waals surface area contributed by atoms with Gasteiger partial charge in [-0.05, 0) is 34.3 Å². The van der Waals surface area contributed by atoms with Gasteiger partial charge in [0.15, 0.2) is 0 Å². The van der Waals surface area contributed by atoms with Gasteiger partial charge in [0.1, 0.15) is 24.1 Å². The van der Waals surface area contributed by atoms with Crippen molar-refractivity contribution in [3.05, 3.63) is 97.8 Å². The first-order chi connectivity index (χ1) is 14.8. The van der Waals surface area contributed by atoms with Crippen molar-refractivity contribution in [2.75, 3.05) is 0 Å². The van der Waals surface area contributed by atoms with Crippen LogP contribution in [-0.4, -0.2) is 20.1 Å². The molecule has 5 heterocycles. The lowest BCUT2D eigenvalue weighted by Gasteiger charge is -2.00. The average molecular weight is 388 g/mol. The van der Waals surface area contributed by atoms with E-state index >= 15 is 0 Å². The highest BCUT2D eigenvalue weighted by atomic mass is 15.3. The fraction of sp³-hybridized carbons (Fsp3) is 0. The molecule has 0 spiro atoms. The summed E-state index contributed by atoms with van der Waals surface area (Å²) in [5, 5.41) is 8.81. The number of fused-ring (bicyclic) bond motifs is 3. The molecule has 140 valence electrons. The molecule has 0 unspecified atom stereocenters. The van der Waals surface area contributed by atoms with Gasteiger partial charge in [0.25, 0.3) is 11.3 Å². The van der Waals surface area contributed by atoms with Crippen molar-refractivity contribution in [2.45, 2.75) is 0 Å². The van der Waals surface area contributed by atoms with Crippen LogP contribution in [0, 0.1) is 0 Å². The molecule has 0 bridgehead atoms. The van der Waals surface area contributed by atoms with E-state index in [1.54, 1.807) is 12.4 Å². The number of aromatic nitrogens is 6. The molecule has 6 nitrogen and oxygen atoms in total. The van der Waals surface area contributed by atoms with Crippen molar-refractivity contribution in [3.8, 4) is 11.5 Å². The Balaban J connectivity index is 1.41. The van der Waals surface area contributed by atoms with Gasteiger partial charge in [-0.3, -0.25) is 4.98 Å². The lowest BCUT2D eigenvalue weighted by molar-refractivity contribution is -0.658. The fourth-order valence-electron chi connectivity index (χ4n) is 3.59. The van der Waals surface area contributed by atoms with E-state index in [0.717, 1.165) is 38.6 Å². The Bertz CT molecular complexity index is 1440.